The van der Waals surface area contributed by atoms with Crippen LogP contribution in [-0.2, 0) is 32.9 Å². The Balaban J connectivity index is 0.868. The van der Waals surface area contributed by atoms with E-state index in [4.69, 9.17) is 4.52 Å². The predicted molar refractivity (Wildman–Crippen MR) is 280 cm³/mol. The lowest BCUT2D eigenvalue weighted by Crippen LogP contribution is -2.51. The molecule has 1 aliphatic heterocycles. The van der Waals surface area contributed by atoms with Gasteiger partial charge in [0.1, 0.15) is 17.7 Å². The van der Waals surface area contributed by atoms with Gasteiger partial charge in [-0.25, -0.2) is 10.4 Å². The summed E-state index contributed by atoms with van der Waals surface area (Å²) in [6, 6.07) is 26.9. The number of fused-ring (bicyclic) bond motifs is 1. The highest BCUT2D eigenvalue weighted by Gasteiger charge is 2.50. The Morgan fingerprint density at radius 2 is 1.82 bits per heavy atom. The molecule has 3 fully saturated rings. The van der Waals surface area contributed by atoms with Gasteiger partial charge < -0.3 is 24.8 Å². The Hall–Kier alpha value is -5.93. The number of nitrogens with one attached hydrogen (secondary N) is 4. The molecule has 4 heterocycles. The minimum atomic E-state index is -0.812. The number of para-hydroxylation sites is 1. The fourth-order valence-corrected chi connectivity index (χ4v) is 11.7. The minimum Gasteiger partial charge on any atom is -0.391 e. The fourth-order valence-electron chi connectivity index (χ4n) is 10.9. The van der Waals surface area contributed by atoms with Crippen molar-refractivity contribution in [2.24, 2.45) is 5.41 Å². The van der Waals surface area contributed by atoms with Crippen molar-refractivity contribution in [2.75, 3.05) is 19.6 Å². The molecular formula is C57H70N8O5S. The molecule has 1 saturated heterocycles. The van der Waals surface area contributed by atoms with Gasteiger partial charge in [-0.15, -0.1) is 11.3 Å². The maximum atomic E-state index is 14.8. The maximum Gasteiger partial charge on any atom is 0.258 e. The molecule has 3 aromatic carbocycles. The second-order valence-electron chi connectivity index (χ2n) is 21.2. The molecule has 0 radical (unpaired) electrons. The smallest absolute Gasteiger partial charge is 0.258 e. The van der Waals surface area contributed by atoms with Crippen molar-refractivity contribution >= 4 is 46.0 Å². The zero-order valence-electron chi connectivity index (χ0n) is 41.9. The third kappa shape index (κ3) is 11.7. The summed E-state index contributed by atoms with van der Waals surface area (Å²) >= 11 is 1.61. The molecular weight excluding hydrogens is 909 g/mol. The molecule has 0 bridgehead atoms. The Bertz CT molecular complexity index is 2800. The number of aromatic amines is 1. The second-order valence-corrected chi connectivity index (χ2v) is 22.0. The van der Waals surface area contributed by atoms with E-state index in [2.05, 4.69) is 122 Å². The van der Waals surface area contributed by atoms with Crippen LogP contribution in [0.5, 0.6) is 0 Å². The van der Waals surface area contributed by atoms with E-state index in [0.717, 1.165) is 116 Å². The van der Waals surface area contributed by atoms with Gasteiger partial charge >= 0.3 is 0 Å². The van der Waals surface area contributed by atoms with E-state index >= 15 is 0 Å². The summed E-state index contributed by atoms with van der Waals surface area (Å²) in [5, 5.41) is 20.3. The molecule has 2 aliphatic carbocycles. The van der Waals surface area contributed by atoms with Crippen LogP contribution in [0.3, 0.4) is 0 Å². The average Bonchev–Trinajstić information content (AvgIpc) is 3.65. The van der Waals surface area contributed by atoms with E-state index in [1.54, 1.807) is 22.3 Å². The van der Waals surface area contributed by atoms with Gasteiger partial charge in [0.05, 0.1) is 33.4 Å². The number of likely N-dealkylation sites (tertiary alicyclic amines) is 1. The van der Waals surface area contributed by atoms with Crippen LogP contribution in [0, 0.1) is 12.3 Å². The highest BCUT2D eigenvalue weighted by Crippen LogP contribution is 2.47. The molecule has 6 aromatic rings. The molecule has 9 rings (SSSR count). The van der Waals surface area contributed by atoms with Gasteiger partial charge in [-0.1, -0.05) is 106 Å². The molecule has 3 aliphatic rings. The van der Waals surface area contributed by atoms with E-state index in [9.17, 15) is 19.5 Å². The average molecular weight is 979 g/mol. The number of carbonyl (C=O) groups is 3. The van der Waals surface area contributed by atoms with E-state index in [0.29, 0.717) is 11.8 Å². The topological polar surface area (TPSA) is 169 Å². The number of hydrogen-bond acceptors (Lipinski definition) is 10. The van der Waals surface area contributed by atoms with Crippen LogP contribution in [0.25, 0.3) is 27.4 Å². The first-order chi connectivity index (χ1) is 34.3. The van der Waals surface area contributed by atoms with Crippen LogP contribution in [0.2, 0.25) is 0 Å². The van der Waals surface area contributed by atoms with Crippen LogP contribution >= 0.6 is 11.3 Å². The molecule has 5 atom stereocenters. The normalized spacial score (nSPS) is 20.6. The molecule has 2 unspecified atom stereocenters. The van der Waals surface area contributed by atoms with Crippen LogP contribution < -0.4 is 16.2 Å². The van der Waals surface area contributed by atoms with Gasteiger partial charge in [0.25, 0.3) is 5.91 Å². The highest BCUT2D eigenvalue weighted by molar-refractivity contribution is 7.13. The largest absolute Gasteiger partial charge is 0.391 e. The number of hydrazine groups is 1. The first-order valence-electron chi connectivity index (χ1n) is 25.7. The molecule has 14 heteroatoms. The number of aryl methyl sites for hydroxylation is 1. The molecule has 3 aromatic heterocycles. The van der Waals surface area contributed by atoms with Gasteiger partial charge in [0, 0.05) is 73.8 Å². The zero-order valence-corrected chi connectivity index (χ0v) is 42.7. The van der Waals surface area contributed by atoms with Crippen molar-refractivity contribution in [3.63, 3.8) is 0 Å². The number of nitrogens with zero attached hydrogens (tertiary/aromatic N) is 4. The molecule has 5 N–H and O–H groups in total. The van der Waals surface area contributed by atoms with E-state index < -0.39 is 29.0 Å². The lowest BCUT2D eigenvalue weighted by Gasteiger charge is -2.34. The first kappa shape index (κ1) is 50.0. The molecule has 3 amide bonds. The van der Waals surface area contributed by atoms with Crippen molar-refractivity contribution in [3.05, 3.63) is 136 Å². The number of H-pyrrole nitrogens is 1. The Morgan fingerprint density at radius 3 is 2.55 bits per heavy atom. The maximum absolute atomic E-state index is 14.8. The van der Waals surface area contributed by atoms with Gasteiger partial charge in [-0.05, 0) is 104 Å². The van der Waals surface area contributed by atoms with Gasteiger partial charge in [0.15, 0.2) is 0 Å². The monoisotopic (exact) mass is 979 g/mol. The third-order valence-electron chi connectivity index (χ3n) is 15.0. The molecule has 0 spiro atoms. The zero-order chi connectivity index (χ0) is 49.7. The summed E-state index contributed by atoms with van der Waals surface area (Å²) in [5.41, 5.74) is 15.1. The first-order valence-corrected chi connectivity index (χ1v) is 26.5. The summed E-state index contributed by atoms with van der Waals surface area (Å²) in [6.07, 6.45) is 13.3. The number of thiazole rings is 1. The fraction of sp³-hybridized carbons (Fsp3) is 0.456. The number of aliphatic hydroxyl groups excluding tert-OH is 1. The predicted octanol–water partition coefficient (Wildman–Crippen LogP) is 9.69. The van der Waals surface area contributed by atoms with E-state index in [1.165, 1.54) is 16.5 Å². The summed E-state index contributed by atoms with van der Waals surface area (Å²) in [6.45, 7) is 12.6. The number of rotatable bonds is 18. The summed E-state index contributed by atoms with van der Waals surface area (Å²) in [5.74, 6) is -0.680. The minimum absolute atomic E-state index is 0.0816. The van der Waals surface area contributed by atoms with Gasteiger partial charge in [-0.3, -0.25) is 24.7 Å². The van der Waals surface area contributed by atoms with E-state index in [-0.39, 0.29) is 36.6 Å². The Labute approximate surface area is 421 Å². The molecule has 71 heavy (non-hydrogen) atoms. The van der Waals surface area contributed by atoms with Crippen LogP contribution in [0.1, 0.15) is 137 Å². The second kappa shape index (κ2) is 21.8. The SMILES string of the molecule is CCCNNC(=O)/C=C/c1ccc(CN(CCc2c[nH]c3ccccc23)C2CCCC(c3cc([C@H](C(=O)N4C[C@H](O)C[C@H]4C(=O)NC4(c5ccc(-c6scnc6C)cc5)CC4)C(C)(C)C)on3)CC2)cc1. The Morgan fingerprint density at radius 1 is 1.03 bits per heavy atom. The lowest BCUT2D eigenvalue weighted by atomic mass is 9.77. The quantitative estimate of drug-likeness (QED) is 0.0244. The number of amides is 3. The molecule has 374 valence electrons. The van der Waals surface area contributed by atoms with Crippen molar-refractivity contribution < 1.29 is 24.0 Å². The van der Waals surface area contributed by atoms with Crippen LogP contribution in [0.15, 0.2) is 101 Å². The number of aliphatic hydroxyl groups is 1. The van der Waals surface area contributed by atoms with Crippen molar-refractivity contribution in [1.82, 2.24) is 41.1 Å². The Kier molecular flexibility index (Phi) is 15.4. The number of hydrogen-bond donors (Lipinski definition) is 5. The van der Waals surface area contributed by atoms with Gasteiger partial charge in [0.2, 0.25) is 11.8 Å². The number of carbonyl (C=O) groups excluding carboxylic acids is 3. The number of aromatic nitrogens is 3. The highest BCUT2D eigenvalue weighted by atomic mass is 32.1. The van der Waals surface area contributed by atoms with Gasteiger partial charge in [-0.2, -0.15) is 0 Å². The number of benzene rings is 3. The standard InChI is InChI=1S/C57H70N8O5S/c1-6-29-60-62-51(67)25-18-38-14-16-39(17-15-38)34-64(30-26-42-33-58-47-13-8-7-12-46(42)47)44-11-9-10-40(21-24-44)48-32-50(70-63-48)52(56(3,4)5)55(69)65-35-45(66)31-49(65)54(68)61-57(27-28-57)43-22-19-41(20-23-43)53-37(2)59-36-71-53/h7-8,12-20,22-23,25,32-33,36,40,44-45,49,52,58,60,66H,6,9-11,21,24,26-31,34-35H2,1-5H3,(H,61,68)(H,62,67)/b25-18+/t40?,44?,45-,49+,52-/m1/s1. The third-order valence-corrected chi connectivity index (χ3v) is 15.9. The van der Waals surface area contributed by atoms with Crippen LogP contribution in [0.4, 0.5) is 0 Å². The number of β-amino-alcohol motifs (C(OH)–C–C–N with tert-alkyl or cyclic N) is 1. The summed E-state index contributed by atoms with van der Waals surface area (Å²) < 4.78 is 6.17. The lowest BCUT2D eigenvalue weighted by molar-refractivity contribution is -0.142. The molecule has 2 saturated carbocycles. The van der Waals surface area contributed by atoms with Crippen molar-refractivity contribution in [2.45, 2.75) is 141 Å². The van der Waals surface area contributed by atoms with Crippen molar-refractivity contribution in [1.29, 1.82) is 0 Å². The van der Waals surface area contributed by atoms with Crippen molar-refractivity contribution in [3.8, 4) is 10.4 Å². The van der Waals surface area contributed by atoms with E-state index in [1.807, 2.05) is 45.3 Å². The summed E-state index contributed by atoms with van der Waals surface area (Å²) in [4.78, 5) is 54.5. The summed E-state index contributed by atoms with van der Waals surface area (Å²) in [7, 11) is 0. The van der Waals surface area contributed by atoms with Crippen LogP contribution in [-0.4, -0.2) is 85.6 Å². The molecule has 13 nitrogen and oxygen atoms in total.